The summed E-state index contributed by atoms with van der Waals surface area (Å²) in [6.45, 7) is 10.2. The largest absolute Gasteiger partial charge is 0.390 e. The Labute approximate surface area is 156 Å². The predicted octanol–water partition coefficient (Wildman–Crippen LogP) is 1.20. The van der Waals surface area contributed by atoms with Gasteiger partial charge in [-0.1, -0.05) is 19.0 Å². The predicted molar refractivity (Wildman–Crippen MR) is 97.9 cm³/mol. The number of nitrogens with zero attached hydrogens (tertiary/aromatic N) is 2. The minimum absolute atomic E-state index is 0.0885. The van der Waals surface area contributed by atoms with Crippen LogP contribution < -0.4 is 5.32 Å². The Morgan fingerprint density at radius 2 is 2.12 bits per heavy atom. The molecule has 3 heterocycles. The molecule has 2 saturated heterocycles. The second-order valence-corrected chi connectivity index (χ2v) is 7.87. The van der Waals surface area contributed by atoms with E-state index >= 15 is 0 Å². The number of morpholine rings is 1. The lowest BCUT2D eigenvalue weighted by Crippen LogP contribution is -2.46. The molecule has 7 heteroatoms. The minimum Gasteiger partial charge on any atom is -0.390 e. The van der Waals surface area contributed by atoms with Gasteiger partial charge in [-0.3, -0.25) is 4.90 Å². The number of aromatic nitrogens is 1. The highest BCUT2D eigenvalue weighted by Gasteiger charge is 2.30. The fraction of sp³-hybridized carbons (Fsp3) is 0.842. The van der Waals surface area contributed by atoms with E-state index in [1.54, 1.807) is 0 Å². The smallest absolute Gasteiger partial charge is 0.150 e. The van der Waals surface area contributed by atoms with Crippen LogP contribution in [0.1, 0.15) is 38.1 Å². The molecule has 0 bridgehead atoms. The quantitative estimate of drug-likeness (QED) is 0.715. The van der Waals surface area contributed by atoms with Crippen LogP contribution >= 0.6 is 0 Å². The summed E-state index contributed by atoms with van der Waals surface area (Å²) in [5.41, 5.74) is 0.934. The van der Waals surface area contributed by atoms with Crippen LogP contribution in [0.3, 0.4) is 0 Å². The van der Waals surface area contributed by atoms with Gasteiger partial charge in [0.25, 0.3) is 0 Å². The molecule has 0 amide bonds. The third-order valence-electron chi connectivity index (χ3n) is 5.01. The third kappa shape index (κ3) is 6.03. The fourth-order valence-corrected chi connectivity index (χ4v) is 3.54. The summed E-state index contributed by atoms with van der Waals surface area (Å²) in [6, 6.07) is 2.04. The molecule has 0 spiro atoms. The van der Waals surface area contributed by atoms with Crippen molar-refractivity contribution in [2.24, 2.45) is 5.92 Å². The summed E-state index contributed by atoms with van der Waals surface area (Å²) in [7, 11) is 0. The third-order valence-corrected chi connectivity index (χ3v) is 5.01. The molecule has 0 radical (unpaired) electrons. The lowest BCUT2D eigenvalue weighted by molar-refractivity contribution is -0.115. The van der Waals surface area contributed by atoms with Crippen LogP contribution in [0.5, 0.6) is 0 Å². The van der Waals surface area contributed by atoms with Crippen molar-refractivity contribution < 1.29 is 19.1 Å². The average Bonchev–Trinajstić information content (AvgIpc) is 3.05. The molecule has 7 nitrogen and oxygen atoms in total. The highest BCUT2D eigenvalue weighted by atomic mass is 16.5. The Morgan fingerprint density at radius 1 is 1.31 bits per heavy atom. The second kappa shape index (κ2) is 9.80. The van der Waals surface area contributed by atoms with Gasteiger partial charge in [-0.15, -0.1) is 0 Å². The molecule has 3 rings (SSSR count). The highest BCUT2D eigenvalue weighted by Crippen LogP contribution is 2.22. The molecular formula is C19H33N3O4. The monoisotopic (exact) mass is 367 g/mol. The van der Waals surface area contributed by atoms with Gasteiger partial charge in [-0.2, -0.15) is 0 Å². The van der Waals surface area contributed by atoms with Crippen molar-refractivity contribution in [3.63, 3.8) is 0 Å². The first-order valence-corrected chi connectivity index (χ1v) is 9.89. The molecule has 0 saturated carbocycles. The number of nitrogens with one attached hydrogen (secondary N) is 1. The van der Waals surface area contributed by atoms with E-state index in [2.05, 4.69) is 29.2 Å². The van der Waals surface area contributed by atoms with Gasteiger partial charge in [0.05, 0.1) is 43.8 Å². The van der Waals surface area contributed by atoms with Crippen molar-refractivity contribution in [3.05, 3.63) is 17.5 Å². The van der Waals surface area contributed by atoms with Crippen molar-refractivity contribution in [2.75, 3.05) is 39.4 Å². The van der Waals surface area contributed by atoms with Crippen LogP contribution in [0.2, 0.25) is 0 Å². The number of aliphatic hydroxyl groups excluding tert-OH is 1. The summed E-state index contributed by atoms with van der Waals surface area (Å²) in [4.78, 5) is 2.32. The van der Waals surface area contributed by atoms with E-state index < -0.39 is 0 Å². The molecule has 2 N–H and O–H groups in total. The molecular weight excluding hydrogens is 334 g/mol. The Hall–Kier alpha value is -0.990. The molecule has 1 aromatic heterocycles. The van der Waals surface area contributed by atoms with Crippen LogP contribution in [0.15, 0.2) is 10.6 Å². The van der Waals surface area contributed by atoms with E-state index in [1.165, 1.54) is 0 Å². The Bertz CT molecular complexity index is 531. The summed E-state index contributed by atoms with van der Waals surface area (Å²) in [5, 5.41) is 17.8. The summed E-state index contributed by atoms with van der Waals surface area (Å²) in [6.07, 6.45) is 1.92. The molecule has 148 valence electrons. The van der Waals surface area contributed by atoms with Crippen molar-refractivity contribution in [3.8, 4) is 0 Å². The lowest BCUT2D eigenvalue weighted by atomic mass is 9.98. The van der Waals surface area contributed by atoms with E-state index in [4.69, 9.17) is 14.0 Å². The van der Waals surface area contributed by atoms with Gasteiger partial charge in [0, 0.05) is 32.1 Å². The van der Waals surface area contributed by atoms with Gasteiger partial charge in [-0.25, -0.2) is 0 Å². The topological polar surface area (TPSA) is 80.0 Å². The molecule has 3 unspecified atom stereocenters. The minimum atomic E-state index is -0.389. The van der Waals surface area contributed by atoms with E-state index in [9.17, 15) is 5.11 Å². The van der Waals surface area contributed by atoms with Crippen molar-refractivity contribution >= 4 is 0 Å². The highest BCUT2D eigenvalue weighted by molar-refractivity contribution is 5.07. The summed E-state index contributed by atoms with van der Waals surface area (Å²) >= 11 is 0. The maximum Gasteiger partial charge on any atom is 0.150 e. The van der Waals surface area contributed by atoms with Crippen molar-refractivity contribution in [1.82, 2.24) is 15.4 Å². The van der Waals surface area contributed by atoms with Crippen LogP contribution in [-0.4, -0.2) is 72.9 Å². The number of hydrogen-bond acceptors (Lipinski definition) is 7. The van der Waals surface area contributed by atoms with Crippen LogP contribution in [0, 0.1) is 5.92 Å². The fourth-order valence-electron chi connectivity index (χ4n) is 3.54. The van der Waals surface area contributed by atoms with Gasteiger partial charge < -0.3 is 24.4 Å². The second-order valence-electron chi connectivity index (χ2n) is 7.87. The zero-order chi connectivity index (χ0) is 18.4. The van der Waals surface area contributed by atoms with Gasteiger partial charge in [0.15, 0.2) is 5.76 Å². The van der Waals surface area contributed by atoms with E-state index in [-0.39, 0.29) is 18.3 Å². The normalized spacial score (nSPS) is 27.9. The molecule has 2 aliphatic rings. The van der Waals surface area contributed by atoms with Crippen LogP contribution in [-0.2, 0) is 22.4 Å². The molecule has 3 atom stereocenters. The maximum absolute atomic E-state index is 10.2. The van der Waals surface area contributed by atoms with Gasteiger partial charge in [-0.05, 0) is 25.3 Å². The first-order chi connectivity index (χ1) is 12.6. The molecule has 0 aliphatic carbocycles. The van der Waals surface area contributed by atoms with Crippen LogP contribution in [0.25, 0.3) is 0 Å². The van der Waals surface area contributed by atoms with Crippen molar-refractivity contribution in [2.45, 2.75) is 58.0 Å². The number of hydrogen-bond donors (Lipinski definition) is 2. The number of aliphatic hydroxyl groups is 1. The molecule has 0 aromatic carbocycles. The first kappa shape index (κ1) is 19.8. The van der Waals surface area contributed by atoms with Gasteiger partial charge in [0.2, 0.25) is 0 Å². The van der Waals surface area contributed by atoms with Gasteiger partial charge in [0.1, 0.15) is 0 Å². The Morgan fingerprint density at radius 3 is 2.88 bits per heavy atom. The Kier molecular flexibility index (Phi) is 7.45. The number of rotatable bonds is 8. The molecule has 2 aliphatic heterocycles. The molecule has 2 fully saturated rings. The van der Waals surface area contributed by atoms with Crippen LogP contribution in [0.4, 0.5) is 0 Å². The maximum atomic E-state index is 10.2. The number of ether oxygens (including phenoxy) is 2. The van der Waals surface area contributed by atoms with E-state index in [0.717, 1.165) is 70.1 Å². The SMILES string of the molecule is CC(C)CNCC1OC(Cc2cc(CN3CCOCC3)on2)CCC1O. The van der Waals surface area contributed by atoms with Crippen molar-refractivity contribution in [1.29, 1.82) is 0 Å². The van der Waals surface area contributed by atoms with Gasteiger partial charge >= 0.3 is 0 Å². The molecule has 26 heavy (non-hydrogen) atoms. The average molecular weight is 367 g/mol. The standard InChI is InChI=1S/C19H33N3O4/c1-14(2)11-20-12-19-18(23)4-3-16(25-19)9-15-10-17(26-21-15)13-22-5-7-24-8-6-22/h10,14,16,18-20,23H,3-9,11-13H2,1-2H3. The van der Waals surface area contributed by atoms with E-state index in [0.29, 0.717) is 12.5 Å². The summed E-state index contributed by atoms with van der Waals surface area (Å²) in [5.74, 6) is 1.49. The Balaban J connectivity index is 1.45. The zero-order valence-corrected chi connectivity index (χ0v) is 16.0. The zero-order valence-electron chi connectivity index (χ0n) is 16.0. The van der Waals surface area contributed by atoms with E-state index in [1.807, 2.05) is 6.07 Å². The summed E-state index contributed by atoms with van der Waals surface area (Å²) < 4.78 is 17.0. The first-order valence-electron chi connectivity index (χ1n) is 9.89. The lowest BCUT2D eigenvalue weighted by Gasteiger charge is -2.34. The molecule has 1 aromatic rings.